The Hall–Kier alpha value is -4.19. The van der Waals surface area contributed by atoms with E-state index in [9.17, 15) is 18.8 Å². The highest BCUT2D eigenvalue weighted by molar-refractivity contribution is 7.09. The fourth-order valence-corrected chi connectivity index (χ4v) is 4.69. The van der Waals surface area contributed by atoms with Crippen LogP contribution in [0.4, 0.5) is 15.8 Å². The number of carbonyl (C=O) groups excluding carboxylic acids is 3. The first-order valence-corrected chi connectivity index (χ1v) is 12.8. The lowest BCUT2D eigenvalue weighted by molar-refractivity contribution is -0.122. The van der Waals surface area contributed by atoms with Gasteiger partial charge in [-0.1, -0.05) is 26.0 Å². The van der Waals surface area contributed by atoms with E-state index >= 15 is 0 Å². The Balaban J connectivity index is 1.85. The van der Waals surface area contributed by atoms with Gasteiger partial charge in [0, 0.05) is 18.3 Å². The lowest BCUT2D eigenvalue weighted by Gasteiger charge is -2.32. The first kappa shape index (κ1) is 26.9. The Kier molecular flexibility index (Phi) is 8.10. The molecule has 38 heavy (non-hydrogen) atoms. The molecule has 1 aliphatic rings. The number of hydrogen-bond donors (Lipinski definition) is 3. The Morgan fingerprint density at radius 2 is 1.79 bits per heavy atom. The molecule has 4 rings (SSSR count). The molecule has 10 nitrogen and oxygen atoms in total. The third-order valence-corrected chi connectivity index (χ3v) is 6.74. The molecule has 0 radical (unpaired) electrons. The van der Waals surface area contributed by atoms with Crippen molar-refractivity contribution < 1.29 is 28.2 Å². The molecule has 3 aromatic rings. The second kappa shape index (κ2) is 11.5. The molecule has 0 saturated carbocycles. The molecular weight excluding hydrogens is 513 g/mol. The van der Waals surface area contributed by atoms with Gasteiger partial charge in [0.25, 0.3) is 11.8 Å². The van der Waals surface area contributed by atoms with E-state index in [1.165, 1.54) is 29.2 Å². The molecule has 1 aliphatic heterocycles. The van der Waals surface area contributed by atoms with Gasteiger partial charge in [0.2, 0.25) is 5.91 Å². The first-order valence-electron chi connectivity index (χ1n) is 12.0. The SMILES string of the molecule is CC(C)CCNC(=O)[C@@H](c1ccc(F)cc1)N(C(=O)c1snc(C(N)=O)c1N)c1ccc2c(c1)OCCO2. The molecule has 2 heterocycles. The molecule has 0 saturated heterocycles. The number of nitrogens with two attached hydrogens (primary N) is 2. The standard InChI is InChI=1S/C26H28FN5O5S/c1-14(2)9-10-30-25(34)22(15-3-5-16(27)6-4-15)32(17-7-8-18-19(13-17)37-12-11-36-18)26(35)23-20(28)21(24(29)33)31-38-23/h3-8,13-14,22H,9-12,28H2,1-2H3,(H2,29,33)(H,30,34)/t22-/m1/s1. The van der Waals surface area contributed by atoms with Gasteiger partial charge in [-0.2, -0.15) is 4.37 Å². The summed E-state index contributed by atoms with van der Waals surface area (Å²) in [6.07, 6.45) is 0.712. The van der Waals surface area contributed by atoms with Gasteiger partial charge in [-0.3, -0.25) is 19.3 Å². The molecule has 0 unspecified atom stereocenters. The van der Waals surface area contributed by atoms with Gasteiger partial charge >= 0.3 is 0 Å². The van der Waals surface area contributed by atoms with E-state index < -0.39 is 29.6 Å². The number of aromatic nitrogens is 1. The maximum Gasteiger partial charge on any atom is 0.273 e. The molecule has 0 fully saturated rings. The zero-order valence-electron chi connectivity index (χ0n) is 20.9. The predicted octanol–water partition coefficient (Wildman–Crippen LogP) is 3.28. The average molecular weight is 542 g/mol. The predicted molar refractivity (Wildman–Crippen MR) is 141 cm³/mol. The molecular formula is C26H28FN5O5S. The zero-order valence-corrected chi connectivity index (χ0v) is 21.7. The first-order chi connectivity index (χ1) is 18.2. The number of hydrogen-bond acceptors (Lipinski definition) is 8. The summed E-state index contributed by atoms with van der Waals surface area (Å²) in [5.41, 5.74) is 11.7. The van der Waals surface area contributed by atoms with Gasteiger partial charge in [-0.05, 0) is 53.7 Å². The number of carbonyl (C=O) groups is 3. The zero-order chi connectivity index (χ0) is 27.4. The summed E-state index contributed by atoms with van der Waals surface area (Å²) in [5.74, 6) is -1.36. The van der Waals surface area contributed by atoms with E-state index in [0.717, 1.165) is 0 Å². The lowest BCUT2D eigenvalue weighted by atomic mass is 10.0. The van der Waals surface area contributed by atoms with Crippen LogP contribution in [0.25, 0.3) is 0 Å². The molecule has 5 N–H and O–H groups in total. The highest BCUT2D eigenvalue weighted by Gasteiger charge is 2.36. The highest BCUT2D eigenvalue weighted by atomic mass is 32.1. The van der Waals surface area contributed by atoms with Crippen molar-refractivity contribution in [3.05, 3.63) is 64.4 Å². The van der Waals surface area contributed by atoms with Crippen LogP contribution in [-0.4, -0.2) is 41.9 Å². The minimum absolute atomic E-state index is 0.0734. The smallest absolute Gasteiger partial charge is 0.273 e. The number of nitrogen functional groups attached to an aromatic ring is 1. The molecule has 0 spiro atoms. The summed E-state index contributed by atoms with van der Waals surface area (Å²) < 4.78 is 29.1. The maximum atomic E-state index is 14.1. The summed E-state index contributed by atoms with van der Waals surface area (Å²) in [4.78, 5) is 40.7. The van der Waals surface area contributed by atoms with Gasteiger partial charge in [0.05, 0.1) is 5.69 Å². The van der Waals surface area contributed by atoms with Crippen molar-refractivity contribution in [2.45, 2.75) is 26.3 Å². The largest absolute Gasteiger partial charge is 0.486 e. The quantitative estimate of drug-likeness (QED) is 0.376. The number of benzene rings is 2. The van der Waals surface area contributed by atoms with Gasteiger partial charge in [-0.25, -0.2) is 4.39 Å². The summed E-state index contributed by atoms with van der Waals surface area (Å²) in [5, 5.41) is 2.88. The van der Waals surface area contributed by atoms with Gasteiger partial charge in [0.1, 0.15) is 29.9 Å². The normalized spacial score (nSPS) is 13.2. The van der Waals surface area contributed by atoms with Crippen LogP contribution in [0, 0.1) is 11.7 Å². The molecule has 1 aromatic heterocycles. The Bertz CT molecular complexity index is 1340. The van der Waals surface area contributed by atoms with Crippen LogP contribution in [0.15, 0.2) is 42.5 Å². The second-order valence-corrected chi connectivity index (χ2v) is 9.84. The van der Waals surface area contributed by atoms with E-state index in [1.807, 2.05) is 13.8 Å². The van der Waals surface area contributed by atoms with E-state index in [-0.39, 0.29) is 16.3 Å². The molecule has 200 valence electrons. The summed E-state index contributed by atoms with van der Waals surface area (Å²) in [7, 11) is 0. The van der Waals surface area contributed by atoms with Crippen LogP contribution in [-0.2, 0) is 4.79 Å². The maximum absolute atomic E-state index is 14.1. The van der Waals surface area contributed by atoms with Crippen LogP contribution in [0.2, 0.25) is 0 Å². The number of nitrogens with zero attached hydrogens (tertiary/aromatic N) is 2. The van der Waals surface area contributed by atoms with Crippen molar-refractivity contribution in [1.29, 1.82) is 0 Å². The van der Waals surface area contributed by atoms with E-state index in [4.69, 9.17) is 20.9 Å². The molecule has 12 heteroatoms. The van der Waals surface area contributed by atoms with Crippen LogP contribution < -0.4 is 31.2 Å². The van der Waals surface area contributed by atoms with Gasteiger partial charge in [-0.15, -0.1) is 0 Å². The van der Waals surface area contributed by atoms with Crippen LogP contribution >= 0.6 is 11.5 Å². The summed E-state index contributed by atoms with van der Waals surface area (Å²) in [6, 6.07) is 8.89. The van der Waals surface area contributed by atoms with Gasteiger partial charge in [0.15, 0.2) is 17.2 Å². The van der Waals surface area contributed by atoms with E-state index in [2.05, 4.69) is 9.69 Å². The van der Waals surface area contributed by atoms with E-state index in [1.54, 1.807) is 18.2 Å². The minimum Gasteiger partial charge on any atom is -0.486 e. The molecule has 3 amide bonds. The number of ether oxygens (including phenoxy) is 2. The number of amides is 3. The summed E-state index contributed by atoms with van der Waals surface area (Å²) >= 11 is 0.698. The number of anilines is 2. The average Bonchev–Trinajstić information content (AvgIpc) is 3.28. The van der Waals surface area contributed by atoms with Crippen molar-refractivity contribution >= 4 is 40.6 Å². The Morgan fingerprint density at radius 3 is 2.42 bits per heavy atom. The molecule has 0 aliphatic carbocycles. The Morgan fingerprint density at radius 1 is 1.11 bits per heavy atom. The van der Waals surface area contributed by atoms with Crippen LogP contribution in [0.5, 0.6) is 11.5 Å². The molecule has 0 bridgehead atoms. The van der Waals surface area contributed by atoms with Crippen molar-refractivity contribution in [1.82, 2.24) is 9.69 Å². The number of primary amides is 1. The number of rotatable bonds is 9. The fraction of sp³-hybridized carbons (Fsp3) is 0.308. The lowest BCUT2D eigenvalue weighted by Crippen LogP contribution is -2.44. The van der Waals surface area contributed by atoms with E-state index in [0.29, 0.717) is 66.4 Å². The fourth-order valence-electron chi connectivity index (χ4n) is 3.95. The molecule has 1 atom stereocenters. The Labute approximate surface area is 222 Å². The van der Waals surface area contributed by atoms with Crippen molar-refractivity contribution in [2.75, 3.05) is 30.4 Å². The van der Waals surface area contributed by atoms with Gasteiger partial charge < -0.3 is 26.3 Å². The monoisotopic (exact) mass is 541 g/mol. The number of halogens is 1. The number of nitrogens with one attached hydrogen (secondary N) is 1. The minimum atomic E-state index is -1.23. The topological polar surface area (TPSA) is 150 Å². The number of fused-ring (bicyclic) bond motifs is 1. The van der Waals surface area contributed by atoms with Crippen LogP contribution in [0.1, 0.15) is 52.0 Å². The third-order valence-electron chi connectivity index (χ3n) is 5.89. The second-order valence-electron chi connectivity index (χ2n) is 9.07. The third kappa shape index (κ3) is 5.70. The summed E-state index contributed by atoms with van der Waals surface area (Å²) in [6.45, 7) is 5.10. The highest BCUT2D eigenvalue weighted by Crippen LogP contribution is 2.39. The van der Waals surface area contributed by atoms with Crippen molar-refractivity contribution in [3.63, 3.8) is 0 Å². The van der Waals surface area contributed by atoms with Crippen molar-refractivity contribution in [2.24, 2.45) is 11.7 Å². The molecule has 2 aromatic carbocycles. The van der Waals surface area contributed by atoms with Crippen LogP contribution in [0.3, 0.4) is 0 Å². The van der Waals surface area contributed by atoms with Crippen molar-refractivity contribution in [3.8, 4) is 11.5 Å².